The van der Waals surface area contributed by atoms with Gasteiger partial charge in [0.15, 0.2) is 0 Å². The first-order valence-corrected chi connectivity index (χ1v) is 4.77. The molecule has 94 valence electrons. The summed E-state index contributed by atoms with van der Waals surface area (Å²) in [5.74, 6) is -1.28. The summed E-state index contributed by atoms with van der Waals surface area (Å²) in [5.41, 5.74) is -1.12. The maximum absolute atomic E-state index is 13.0. The Morgan fingerprint density at radius 1 is 1.11 bits per heavy atom. The van der Waals surface area contributed by atoms with E-state index < -0.39 is 17.6 Å². The Morgan fingerprint density at radius 3 is 2.50 bits per heavy atom. The van der Waals surface area contributed by atoms with Crippen molar-refractivity contribution in [2.45, 2.75) is 6.18 Å². The minimum absolute atomic E-state index is 0.0312. The Kier molecular flexibility index (Phi) is 3.14. The second kappa shape index (κ2) is 4.59. The third-order valence-corrected chi connectivity index (χ3v) is 1.98. The molecule has 1 aromatic heterocycles. The van der Waals surface area contributed by atoms with Gasteiger partial charge in [-0.05, 0) is 12.1 Å². The molecule has 1 aromatic carbocycles. The average Bonchev–Trinajstić information content (AvgIpc) is 2.28. The Morgan fingerprint density at radius 2 is 1.89 bits per heavy atom. The second-order valence-electron chi connectivity index (χ2n) is 3.32. The standard InChI is InChI=1S/C11H6F4N2O/c12-8-3-7(11(13,14)15)4-9(5-8)18-10-1-2-16-6-17-10/h1-6H. The quantitative estimate of drug-likeness (QED) is 0.774. The number of hydrogen-bond acceptors (Lipinski definition) is 3. The van der Waals surface area contributed by atoms with Gasteiger partial charge in [0.2, 0.25) is 5.88 Å². The Labute approximate surface area is 99.1 Å². The highest BCUT2D eigenvalue weighted by atomic mass is 19.4. The number of hydrogen-bond donors (Lipinski definition) is 0. The number of aromatic nitrogens is 2. The highest BCUT2D eigenvalue weighted by Gasteiger charge is 2.31. The van der Waals surface area contributed by atoms with Crippen LogP contribution in [0.3, 0.4) is 0 Å². The summed E-state index contributed by atoms with van der Waals surface area (Å²) in [4.78, 5) is 7.27. The normalized spacial score (nSPS) is 11.3. The lowest BCUT2D eigenvalue weighted by atomic mass is 10.2. The molecule has 0 radical (unpaired) electrons. The maximum Gasteiger partial charge on any atom is 0.416 e. The monoisotopic (exact) mass is 258 g/mol. The molecule has 1 heterocycles. The summed E-state index contributed by atoms with van der Waals surface area (Å²) in [6.07, 6.45) is -2.11. The van der Waals surface area contributed by atoms with Crippen LogP contribution in [0.5, 0.6) is 11.6 Å². The fourth-order valence-corrected chi connectivity index (χ4v) is 1.24. The third kappa shape index (κ3) is 2.93. The number of halogens is 4. The van der Waals surface area contributed by atoms with Gasteiger partial charge < -0.3 is 4.74 Å². The van der Waals surface area contributed by atoms with Crippen molar-refractivity contribution in [3.05, 3.63) is 48.2 Å². The first-order valence-electron chi connectivity index (χ1n) is 4.77. The lowest BCUT2D eigenvalue weighted by Gasteiger charge is -2.09. The van der Waals surface area contributed by atoms with Crippen molar-refractivity contribution in [3.63, 3.8) is 0 Å². The lowest BCUT2D eigenvalue weighted by molar-refractivity contribution is -0.137. The van der Waals surface area contributed by atoms with Crippen LogP contribution >= 0.6 is 0 Å². The van der Waals surface area contributed by atoms with Gasteiger partial charge in [-0.3, -0.25) is 0 Å². The van der Waals surface area contributed by atoms with Crippen LogP contribution in [0.4, 0.5) is 17.6 Å². The number of ether oxygens (including phenoxy) is 1. The summed E-state index contributed by atoms with van der Waals surface area (Å²) in [6.45, 7) is 0. The molecule has 0 aliphatic heterocycles. The zero-order valence-electron chi connectivity index (χ0n) is 8.78. The highest BCUT2D eigenvalue weighted by molar-refractivity contribution is 5.33. The molecule has 2 rings (SSSR count). The SMILES string of the molecule is Fc1cc(Oc2ccncn2)cc(C(F)(F)F)c1. The van der Waals surface area contributed by atoms with E-state index in [0.717, 1.165) is 6.07 Å². The van der Waals surface area contributed by atoms with Crippen LogP contribution in [0.15, 0.2) is 36.8 Å². The molecular formula is C11H6F4N2O. The van der Waals surface area contributed by atoms with Crippen LogP contribution in [0.2, 0.25) is 0 Å². The molecule has 0 amide bonds. The largest absolute Gasteiger partial charge is 0.439 e. The molecule has 0 aliphatic rings. The molecule has 0 N–H and O–H groups in total. The molecule has 18 heavy (non-hydrogen) atoms. The second-order valence-corrected chi connectivity index (χ2v) is 3.32. The summed E-state index contributed by atoms with van der Waals surface area (Å²) < 4.78 is 55.4. The fourth-order valence-electron chi connectivity index (χ4n) is 1.24. The van der Waals surface area contributed by atoms with Crippen molar-refractivity contribution in [1.82, 2.24) is 9.97 Å². The predicted octanol–water partition coefficient (Wildman–Crippen LogP) is 3.43. The number of benzene rings is 1. The molecule has 0 fully saturated rings. The van der Waals surface area contributed by atoms with Gasteiger partial charge in [0, 0.05) is 18.3 Å². The highest BCUT2D eigenvalue weighted by Crippen LogP contribution is 2.33. The zero-order chi connectivity index (χ0) is 13.2. The van der Waals surface area contributed by atoms with Crippen molar-refractivity contribution in [1.29, 1.82) is 0 Å². The van der Waals surface area contributed by atoms with E-state index in [-0.39, 0.29) is 11.6 Å². The molecule has 0 bridgehead atoms. The van der Waals surface area contributed by atoms with E-state index in [2.05, 4.69) is 9.97 Å². The van der Waals surface area contributed by atoms with Gasteiger partial charge in [-0.2, -0.15) is 13.2 Å². The van der Waals surface area contributed by atoms with Crippen molar-refractivity contribution >= 4 is 0 Å². The van der Waals surface area contributed by atoms with Crippen LogP contribution in [0.25, 0.3) is 0 Å². The summed E-state index contributed by atoms with van der Waals surface area (Å²) in [5, 5.41) is 0. The van der Waals surface area contributed by atoms with Gasteiger partial charge in [-0.1, -0.05) is 0 Å². The van der Waals surface area contributed by atoms with Crippen molar-refractivity contribution in [3.8, 4) is 11.6 Å². The van der Waals surface area contributed by atoms with Crippen LogP contribution in [-0.2, 0) is 6.18 Å². The smallest absolute Gasteiger partial charge is 0.416 e. The van der Waals surface area contributed by atoms with Crippen LogP contribution in [0, 0.1) is 5.82 Å². The van der Waals surface area contributed by atoms with Crippen LogP contribution < -0.4 is 4.74 Å². The van der Waals surface area contributed by atoms with Gasteiger partial charge in [0.1, 0.15) is 17.9 Å². The van der Waals surface area contributed by atoms with Gasteiger partial charge in [-0.25, -0.2) is 14.4 Å². The molecule has 0 atom stereocenters. The molecule has 0 saturated carbocycles. The predicted molar refractivity (Wildman–Crippen MR) is 53.5 cm³/mol. The average molecular weight is 258 g/mol. The molecular weight excluding hydrogens is 252 g/mol. The van der Waals surface area contributed by atoms with Crippen LogP contribution in [-0.4, -0.2) is 9.97 Å². The molecule has 3 nitrogen and oxygen atoms in total. The topological polar surface area (TPSA) is 35.0 Å². The van der Waals surface area contributed by atoms with Gasteiger partial charge in [0.05, 0.1) is 5.56 Å². The van der Waals surface area contributed by atoms with Crippen molar-refractivity contribution < 1.29 is 22.3 Å². The molecule has 0 saturated heterocycles. The van der Waals surface area contributed by atoms with E-state index in [1.807, 2.05) is 0 Å². The van der Waals surface area contributed by atoms with E-state index in [4.69, 9.17) is 4.74 Å². The molecule has 0 unspecified atom stereocenters. The summed E-state index contributed by atoms with van der Waals surface area (Å²) in [6, 6.07) is 3.29. The number of alkyl halides is 3. The first kappa shape index (κ1) is 12.3. The Hall–Kier alpha value is -2.18. The fraction of sp³-hybridized carbons (Fsp3) is 0.0909. The summed E-state index contributed by atoms with van der Waals surface area (Å²) in [7, 11) is 0. The van der Waals surface area contributed by atoms with E-state index in [0.29, 0.717) is 12.1 Å². The van der Waals surface area contributed by atoms with Gasteiger partial charge >= 0.3 is 6.18 Å². The van der Waals surface area contributed by atoms with E-state index in [1.165, 1.54) is 18.6 Å². The lowest BCUT2D eigenvalue weighted by Crippen LogP contribution is -2.05. The Bertz CT molecular complexity index is 542. The molecule has 0 aliphatic carbocycles. The first-order chi connectivity index (χ1) is 8.45. The van der Waals surface area contributed by atoms with E-state index >= 15 is 0 Å². The van der Waals surface area contributed by atoms with Crippen molar-refractivity contribution in [2.75, 3.05) is 0 Å². The van der Waals surface area contributed by atoms with Gasteiger partial charge in [-0.15, -0.1) is 0 Å². The van der Waals surface area contributed by atoms with Crippen LogP contribution in [0.1, 0.15) is 5.56 Å². The molecule has 0 spiro atoms. The Balaban J connectivity index is 2.32. The minimum atomic E-state index is -4.63. The zero-order valence-corrected chi connectivity index (χ0v) is 8.78. The summed E-state index contributed by atoms with van der Waals surface area (Å²) >= 11 is 0. The van der Waals surface area contributed by atoms with Gasteiger partial charge in [0.25, 0.3) is 0 Å². The minimum Gasteiger partial charge on any atom is -0.439 e. The number of nitrogens with zero attached hydrogens (tertiary/aromatic N) is 2. The molecule has 2 aromatic rings. The van der Waals surface area contributed by atoms with E-state index in [9.17, 15) is 17.6 Å². The molecule has 7 heteroatoms. The maximum atomic E-state index is 13.0. The third-order valence-electron chi connectivity index (χ3n) is 1.98. The van der Waals surface area contributed by atoms with Crippen molar-refractivity contribution in [2.24, 2.45) is 0 Å². The van der Waals surface area contributed by atoms with E-state index in [1.54, 1.807) is 0 Å². The number of rotatable bonds is 2.